The molecular weight excluding hydrogens is 200 g/mol. The Morgan fingerprint density at radius 2 is 2.50 bits per heavy atom. The monoisotopic (exact) mass is 212 g/mol. The molecule has 0 radical (unpaired) electrons. The SMILES string of the molecule is O=C(O)c1scnc1C1CCCCN1. The van der Waals surface area contributed by atoms with Gasteiger partial charge in [0.2, 0.25) is 0 Å². The lowest BCUT2D eigenvalue weighted by atomic mass is 10.0. The molecule has 2 rings (SSSR count). The zero-order valence-electron chi connectivity index (χ0n) is 7.69. The van der Waals surface area contributed by atoms with Gasteiger partial charge in [0, 0.05) is 0 Å². The Hall–Kier alpha value is -0.940. The first-order valence-electron chi connectivity index (χ1n) is 4.69. The molecule has 0 amide bonds. The van der Waals surface area contributed by atoms with Gasteiger partial charge in [-0.3, -0.25) is 0 Å². The van der Waals surface area contributed by atoms with Gasteiger partial charge >= 0.3 is 5.97 Å². The summed E-state index contributed by atoms with van der Waals surface area (Å²) in [5.41, 5.74) is 2.32. The van der Waals surface area contributed by atoms with Crippen LogP contribution < -0.4 is 5.32 Å². The second-order valence-corrected chi connectivity index (χ2v) is 4.23. The van der Waals surface area contributed by atoms with E-state index in [-0.39, 0.29) is 6.04 Å². The van der Waals surface area contributed by atoms with E-state index >= 15 is 0 Å². The Morgan fingerprint density at radius 3 is 3.14 bits per heavy atom. The number of carboxylic acids is 1. The van der Waals surface area contributed by atoms with Crippen LogP contribution in [0.4, 0.5) is 0 Å². The molecule has 76 valence electrons. The molecule has 2 heterocycles. The van der Waals surface area contributed by atoms with Crippen LogP contribution in [0.2, 0.25) is 0 Å². The first-order chi connectivity index (χ1) is 6.79. The van der Waals surface area contributed by atoms with E-state index in [4.69, 9.17) is 5.11 Å². The minimum atomic E-state index is -0.866. The summed E-state index contributed by atoms with van der Waals surface area (Å²) in [4.78, 5) is 15.4. The van der Waals surface area contributed by atoms with Crippen molar-refractivity contribution in [2.45, 2.75) is 25.3 Å². The molecule has 0 bridgehead atoms. The fourth-order valence-electron chi connectivity index (χ4n) is 1.75. The van der Waals surface area contributed by atoms with E-state index in [0.29, 0.717) is 10.6 Å². The van der Waals surface area contributed by atoms with Crippen molar-refractivity contribution in [2.24, 2.45) is 0 Å². The van der Waals surface area contributed by atoms with Crippen molar-refractivity contribution in [2.75, 3.05) is 6.54 Å². The Balaban J connectivity index is 2.21. The summed E-state index contributed by atoms with van der Waals surface area (Å²) >= 11 is 1.20. The van der Waals surface area contributed by atoms with E-state index in [2.05, 4.69) is 10.3 Å². The Labute approximate surface area is 86.0 Å². The number of aromatic carboxylic acids is 1. The standard InChI is InChI=1S/C9H12N2O2S/c12-9(13)8-7(11-5-14-8)6-3-1-2-4-10-6/h5-6,10H,1-4H2,(H,12,13). The largest absolute Gasteiger partial charge is 0.477 e. The predicted octanol–water partition coefficient (Wildman–Crippen LogP) is 1.66. The summed E-state index contributed by atoms with van der Waals surface area (Å²) in [7, 11) is 0. The van der Waals surface area contributed by atoms with Crippen molar-refractivity contribution in [3.63, 3.8) is 0 Å². The van der Waals surface area contributed by atoms with Crippen molar-refractivity contribution in [3.8, 4) is 0 Å². The fraction of sp³-hybridized carbons (Fsp3) is 0.556. The molecule has 0 aromatic carbocycles. The maximum Gasteiger partial charge on any atom is 0.347 e. The summed E-state index contributed by atoms with van der Waals surface area (Å²) in [6.45, 7) is 0.960. The number of carbonyl (C=O) groups is 1. The number of nitrogens with one attached hydrogen (secondary N) is 1. The van der Waals surface area contributed by atoms with Crippen LogP contribution in [-0.2, 0) is 0 Å². The smallest absolute Gasteiger partial charge is 0.347 e. The number of hydrogen-bond acceptors (Lipinski definition) is 4. The highest BCUT2D eigenvalue weighted by atomic mass is 32.1. The van der Waals surface area contributed by atoms with Crippen LogP contribution in [-0.4, -0.2) is 22.6 Å². The third-order valence-electron chi connectivity index (χ3n) is 2.43. The zero-order chi connectivity index (χ0) is 9.97. The molecule has 1 saturated heterocycles. The molecule has 5 heteroatoms. The first-order valence-corrected chi connectivity index (χ1v) is 5.57. The average Bonchev–Trinajstić information content (AvgIpc) is 2.67. The molecular formula is C9H12N2O2S. The van der Waals surface area contributed by atoms with Gasteiger partial charge in [-0.25, -0.2) is 9.78 Å². The van der Waals surface area contributed by atoms with Crippen molar-refractivity contribution in [1.82, 2.24) is 10.3 Å². The molecule has 1 atom stereocenters. The highest BCUT2D eigenvalue weighted by molar-refractivity contribution is 7.11. The zero-order valence-corrected chi connectivity index (χ0v) is 8.51. The molecule has 1 aliphatic heterocycles. The Bertz CT molecular complexity index is 331. The second kappa shape index (κ2) is 4.06. The third-order valence-corrected chi connectivity index (χ3v) is 3.26. The fourth-order valence-corrected chi connectivity index (χ4v) is 2.44. The molecule has 1 aromatic heterocycles. The molecule has 1 unspecified atom stereocenters. The summed E-state index contributed by atoms with van der Waals surface area (Å²) < 4.78 is 0. The minimum absolute atomic E-state index is 0.140. The van der Waals surface area contributed by atoms with Gasteiger partial charge < -0.3 is 10.4 Å². The Morgan fingerprint density at radius 1 is 1.64 bits per heavy atom. The van der Waals surface area contributed by atoms with E-state index < -0.39 is 5.97 Å². The number of carboxylic acid groups (broad SMARTS) is 1. The number of rotatable bonds is 2. The van der Waals surface area contributed by atoms with E-state index in [0.717, 1.165) is 19.4 Å². The molecule has 1 aromatic rings. The summed E-state index contributed by atoms with van der Waals surface area (Å²) in [6.07, 6.45) is 3.31. The van der Waals surface area contributed by atoms with Gasteiger partial charge in [0.1, 0.15) is 4.88 Å². The van der Waals surface area contributed by atoms with Crippen LogP contribution in [0.1, 0.15) is 40.7 Å². The average molecular weight is 212 g/mol. The lowest BCUT2D eigenvalue weighted by molar-refractivity contribution is 0.0699. The van der Waals surface area contributed by atoms with Crippen LogP contribution in [0.3, 0.4) is 0 Å². The molecule has 0 aliphatic carbocycles. The van der Waals surface area contributed by atoms with E-state index in [1.54, 1.807) is 5.51 Å². The maximum absolute atomic E-state index is 10.9. The molecule has 1 aliphatic rings. The summed E-state index contributed by atoms with van der Waals surface area (Å²) in [5.74, 6) is -0.866. The normalized spacial score (nSPS) is 22.1. The van der Waals surface area contributed by atoms with Crippen LogP contribution in [0.5, 0.6) is 0 Å². The minimum Gasteiger partial charge on any atom is -0.477 e. The van der Waals surface area contributed by atoms with E-state index in [1.165, 1.54) is 17.8 Å². The number of thiazole rings is 1. The van der Waals surface area contributed by atoms with Gasteiger partial charge in [-0.15, -0.1) is 11.3 Å². The predicted molar refractivity (Wildman–Crippen MR) is 53.7 cm³/mol. The van der Waals surface area contributed by atoms with E-state index in [9.17, 15) is 4.79 Å². The van der Waals surface area contributed by atoms with Gasteiger partial charge in [-0.2, -0.15) is 0 Å². The first kappa shape index (κ1) is 9.61. The Kier molecular flexibility index (Phi) is 2.79. The molecule has 0 saturated carbocycles. The van der Waals surface area contributed by atoms with Gasteiger partial charge in [0.25, 0.3) is 0 Å². The lowest BCUT2D eigenvalue weighted by Crippen LogP contribution is -2.28. The van der Waals surface area contributed by atoms with Crippen LogP contribution in [0.15, 0.2) is 5.51 Å². The molecule has 1 fully saturated rings. The van der Waals surface area contributed by atoms with Gasteiger partial charge in [0.05, 0.1) is 17.2 Å². The van der Waals surface area contributed by atoms with E-state index in [1.807, 2.05) is 0 Å². The van der Waals surface area contributed by atoms with Gasteiger partial charge in [0.15, 0.2) is 0 Å². The molecule has 4 nitrogen and oxygen atoms in total. The quantitative estimate of drug-likeness (QED) is 0.782. The molecule has 0 spiro atoms. The number of aromatic nitrogens is 1. The number of piperidine rings is 1. The lowest BCUT2D eigenvalue weighted by Gasteiger charge is -2.22. The second-order valence-electron chi connectivity index (χ2n) is 3.37. The van der Waals surface area contributed by atoms with Crippen molar-refractivity contribution in [3.05, 3.63) is 16.1 Å². The van der Waals surface area contributed by atoms with Crippen molar-refractivity contribution in [1.29, 1.82) is 0 Å². The maximum atomic E-state index is 10.9. The summed E-state index contributed by atoms with van der Waals surface area (Å²) in [6, 6.07) is 0.140. The third kappa shape index (κ3) is 1.78. The van der Waals surface area contributed by atoms with Crippen molar-refractivity contribution >= 4 is 17.3 Å². The van der Waals surface area contributed by atoms with Crippen LogP contribution in [0, 0.1) is 0 Å². The van der Waals surface area contributed by atoms with Crippen molar-refractivity contribution < 1.29 is 9.90 Å². The number of nitrogens with zero attached hydrogens (tertiary/aromatic N) is 1. The van der Waals surface area contributed by atoms with Gasteiger partial charge in [-0.05, 0) is 19.4 Å². The molecule has 14 heavy (non-hydrogen) atoms. The molecule has 2 N–H and O–H groups in total. The highest BCUT2D eigenvalue weighted by Gasteiger charge is 2.23. The number of hydrogen-bond donors (Lipinski definition) is 2. The topological polar surface area (TPSA) is 62.2 Å². The summed E-state index contributed by atoms with van der Waals surface area (Å²) in [5, 5.41) is 12.2. The van der Waals surface area contributed by atoms with Crippen LogP contribution >= 0.6 is 11.3 Å². The highest BCUT2D eigenvalue weighted by Crippen LogP contribution is 2.26. The van der Waals surface area contributed by atoms with Crippen LogP contribution in [0.25, 0.3) is 0 Å². The van der Waals surface area contributed by atoms with Gasteiger partial charge in [-0.1, -0.05) is 6.42 Å².